The lowest BCUT2D eigenvalue weighted by molar-refractivity contribution is 0.104. The van der Waals surface area contributed by atoms with E-state index >= 15 is 0 Å². The first-order chi connectivity index (χ1) is 7.58. The normalized spacial score (nSPS) is 10.4. The molecule has 2 aromatic rings. The van der Waals surface area contributed by atoms with E-state index in [9.17, 15) is 4.79 Å². The van der Waals surface area contributed by atoms with Crippen molar-refractivity contribution in [3.05, 3.63) is 54.1 Å². The predicted octanol–water partition coefficient (Wildman–Crippen LogP) is 5.16. The molecule has 16 heavy (non-hydrogen) atoms. The molecule has 0 atom stereocenters. The molecule has 1 aromatic heterocycles. The molecule has 1 aromatic carbocycles. The molecule has 0 N–H and O–H groups in total. The Morgan fingerprint density at radius 1 is 1.25 bits per heavy atom. The van der Waals surface area contributed by atoms with Gasteiger partial charge in [-0.2, -0.15) is 0 Å². The van der Waals surface area contributed by atoms with Gasteiger partial charge in [-0.25, -0.2) is 0 Å². The Kier molecular flexibility index (Phi) is 3.85. The molecule has 1 nitrogen and oxygen atoms in total. The molecule has 0 bridgehead atoms. The van der Waals surface area contributed by atoms with Gasteiger partial charge in [0.25, 0.3) is 0 Å². The highest BCUT2D eigenvalue weighted by Gasteiger charge is 2.14. The highest BCUT2D eigenvalue weighted by atomic mass is 79.9. The van der Waals surface area contributed by atoms with Crippen molar-refractivity contribution in [2.24, 2.45) is 0 Å². The van der Waals surface area contributed by atoms with E-state index in [4.69, 9.17) is 11.6 Å². The van der Waals surface area contributed by atoms with Crippen LogP contribution in [0.15, 0.2) is 38.6 Å². The molecule has 0 radical (unpaired) electrons. The zero-order chi connectivity index (χ0) is 11.7. The highest BCUT2D eigenvalue weighted by Crippen LogP contribution is 2.33. The Morgan fingerprint density at radius 3 is 2.56 bits per heavy atom. The zero-order valence-electron chi connectivity index (χ0n) is 7.84. The van der Waals surface area contributed by atoms with E-state index in [0.29, 0.717) is 15.5 Å². The van der Waals surface area contributed by atoms with Crippen molar-refractivity contribution in [1.82, 2.24) is 0 Å². The molecule has 1 heterocycles. The summed E-state index contributed by atoms with van der Waals surface area (Å²) in [5.74, 6) is -0.0149. The van der Waals surface area contributed by atoms with E-state index in [1.807, 2.05) is 12.1 Å². The van der Waals surface area contributed by atoms with Crippen LogP contribution in [0.5, 0.6) is 0 Å². The van der Waals surface area contributed by atoms with Crippen molar-refractivity contribution >= 4 is 60.6 Å². The molecule has 82 valence electrons. The lowest BCUT2D eigenvalue weighted by Crippen LogP contribution is -1.97. The molecule has 2 rings (SSSR count). The average Bonchev–Trinajstić information content (AvgIpc) is 2.58. The number of carbonyl (C=O) groups excluding carboxylic acids is 1. The number of benzene rings is 1. The van der Waals surface area contributed by atoms with E-state index in [-0.39, 0.29) is 5.78 Å². The summed E-state index contributed by atoms with van der Waals surface area (Å²) < 4.78 is 1.67. The summed E-state index contributed by atoms with van der Waals surface area (Å²) in [7, 11) is 0. The number of carbonyl (C=O) groups is 1. The van der Waals surface area contributed by atoms with Crippen LogP contribution in [0.1, 0.15) is 15.2 Å². The van der Waals surface area contributed by atoms with E-state index in [1.165, 1.54) is 11.3 Å². The van der Waals surface area contributed by atoms with E-state index in [0.717, 1.165) is 8.26 Å². The first-order valence-corrected chi connectivity index (χ1v) is 7.11. The molecule has 0 saturated heterocycles. The molecular formula is C11H5Br2ClOS. The largest absolute Gasteiger partial charge is 0.288 e. The van der Waals surface area contributed by atoms with Crippen LogP contribution in [0.3, 0.4) is 0 Å². The van der Waals surface area contributed by atoms with Gasteiger partial charge in [0.1, 0.15) is 0 Å². The van der Waals surface area contributed by atoms with Crippen LogP contribution in [-0.2, 0) is 0 Å². The van der Waals surface area contributed by atoms with Gasteiger partial charge in [-0.1, -0.05) is 39.7 Å². The van der Waals surface area contributed by atoms with Gasteiger partial charge in [-0.05, 0) is 34.1 Å². The lowest BCUT2D eigenvalue weighted by Gasteiger charge is -1.98. The van der Waals surface area contributed by atoms with E-state index in [2.05, 4.69) is 31.9 Å². The second kappa shape index (κ2) is 5.00. The first-order valence-electron chi connectivity index (χ1n) is 4.33. The summed E-state index contributed by atoms with van der Waals surface area (Å²) in [6.07, 6.45) is 0. The van der Waals surface area contributed by atoms with Crippen molar-refractivity contribution in [1.29, 1.82) is 0 Å². The molecule has 0 spiro atoms. The Balaban J connectivity index is 2.39. The summed E-state index contributed by atoms with van der Waals surface area (Å²) in [6.45, 7) is 0. The van der Waals surface area contributed by atoms with Gasteiger partial charge >= 0.3 is 0 Å². The van der Waals surface area contributed by atoms with Gasteiger partial charge < -0.3 is 0 Å². The van der Waals surface area contributed by atoms with Gasteiger partial charge in [0.2, 0.25) is 5.78 Å². The molecule has 0 fully saturated rings. The van der Waals surface area contributed by atoms with Crippen LogP contribution in [0.4, 0.5) is 0 Å². The van der Waals surface area contributed by atoms with Gasteiger partial charge in [0, 0.05) is 10.0 Å². The number of rotatable bonds is 2. The number of hydrogen-bond acceptors (Lipinski definition) is 2. The summed E-state index contributed by atoms with van der Waals surface area (Å²) in [5.41, 5.74) is 0.653. The van der Waals surface area contributed by atoms with Gasteiger partial charge in [0.05, 0.1) is 13.7 Å². The van der Waals surface area contributed by atoms with Crippen molar-refractivity contribution < 1.29 is 4.79 Å². The SMILES string of the molecule is O=C(c1cccc(Br)c1)c1cc(Cl)c(Br)s1. The number of ketones is 1. The zero-order valence-corrected chi connectivity index (χ0v) is 12.6. The van der Waals surface area contributed by atoms with E-state index in [1.54, 1.807) is 18.2 Å². The van der Waals surface area contributed by atoms with Crippen molar-refractivity contribution in [2.45, 2.75) is 0 Å². The third-order valence-electron chi connectivity index (χ3n) is 1.96. The van der Waals surface area contributed by atoms with Crippen LogP contribution in [0, 0.1) is 0 Å². The maximum Gasteiger partial charge on any atom is 0.203 e. The van der Waals surface area contributed by atoms with Crippen molar-refractivity contribution in [2.75, 3.05) is 0 Å². The third-order valence-corrected chi connectivity index (χ3v) is 4.92. The third kappa shape index (κ3) is 2.56. The van der Waals surface area contributed by atoms with Gasteiger partial charge in [-0.15, -0.1) is 11.3 Å². The fraction of sp³-hybridized carbons (Fsp3) is 0. The Bertz CT molecular complexity index is 531. The first kappa shape index (κ1) is 12.3. The molecular weight excluding hydrogens is 375 g/mol. The van der Waals surface area contributed by atoms with Crippen LogP contribution in [0.25, 0.3) is 0 Å². The lowest BCUT2D eigenvalue weighted by atomic mass is 10.1. The summed E-state index contributed by atoms with van der Waals surface area (Å²) >= 11 is 13.9. The minimum absolute atomic E-state index is 0.0149. The fourth-order valence-electron chi connectivity index (χ4n) is 1.23. The van der Waals surface area contributed by atoms with Crippen LogP contribution in [0.2, 0.25) is 5.02 Å². The fourth-order valence-corrected chi connectivity index (χ4v) is 3.29. The second-order valence-corrected chi connectivity index (χ2v) is 6.76. The van der Waals surface area contributed by atoms with Crippen molar-refractivity contribution in [3.63, 3.8) is 0 Å². The maximum atomic E-state index is 12.1. The molecule has 0 aliphatic rings. The summed E-state index contributed by atoms with van der Waals surface area (Å²) in [6, 6.07) is 8.98. The number of thiophene rings is 1. The standard InChI is InChI=1S/C11H5Br2ClOS/c12-7-3-1-2-6(4-7)10(15)9-5-8(14)11(13)16-9/h1-5H. The van der Waals surface area contributed by atoms with E-state index < -0.39 is 0 Å². The monoisotopic (exact) mass is 378 g/mol. The van der Waals surface area contributed by atoms with Gasteiger partial charge in [0.15, 0.2) is 0 Å². The smallest absolute Gasteiger partial charge is 0.203 e. The predicted molar refractivity (Wildman–Crippen MR) is 74.6 cm³/mol. The van der Waals surface area contributed by atoms with Crippen LogP contribution in [-0.4, -0.2) is 5.78 Å². The molecule has 0 aliphatic carbocycles. The highest BCUT2D eigenvalue weighted by molar-refractivity contribution is 9.11. The Labute approximate surface area is 119 Å². The topological polar surface area (TPSA) is 17.1 Å². The number of halogens is 3. The minimum atomic E-state index is -0.0149. The summed E-state index contributed by atoms with van der Waals surface area (Å²) in [4.78, 5) is 12.7. The molecule has 0 aliphatic heterocycles. The Morgan fingerprint density at radius 2 is 2.00 bits per heavy atom. The molecule has 0 saturated carbocycles. The summed E-state index contributed by atoms with van der Waals surface area (Å²) in [5, 5.41) is 0.573. The molecule has 0 unspecified atom stereocenters. The second-order valence-electron chi connectivity index (χ2n) is 3.07. The number of hydrogen-bond donors (Lipinski definition) is 0. The minimum Gasteiger partial charge on any atom is -0.288 e. The van der Waals surface area contributed by atoms with Crippen LogP contribution >= 0.6 is 54.8 Å². The molecule has 0 amide bonds. The van der Waals surface area contributed by atoms with Crippen molar-refractivity contribution in [3.8, 4) is 0 Å². The van der Waals surface area contributed by atoms with Crippen LogP contribution < -0.4 is 0 Å². The average molecular weight is 380 g/mol. The molecule has 5 heteroatoms. The van der Waals surface area contributed by atoms with Gasteiger partial charge in [-0.3, -0.25) is 4.79 Å². The Hall–Kier alpha value is -0.160. The maximum absolute atomic E-state index is 12.1. The quantitative estimate of drug-likeness (QED) is 0.658.